The first kappa shape index (κ1) is 27.6. The minimum Gasteiger partial charge on any atom is -0.490 e. The highest BCUT2D eigenvalue weighted by molar-refractivity contribution is 5.99. The van der Waals surface area contributed by atoms with E-state index in [1.165, 1.54) is 0 Å². The number of hydrogen-bond acceptors (Lipinski definition) is 6. The van der Waals surface area contributed by atoms with Gasteiger partial charge in [-0.2, -0.15) is 0 Å². The Bertz CT molecular complexity index is 1040. The summed E-state index contributed by atoms with van der Waals surface area (Å²) in [4.78, 5) is 30.4. The van der Waals surface area contributed by atoms with Gasteiger partial charge in [-0.15, -0.1) is 0 Å². The van der Waals surface area contributed by atoms with Crippen molar-refractivity contribution in [2.45, 2.75) is 54.5 Å². The highest BCUT2D eigenvalue weighted by Gasteiger charge is 2.27. The van der Waals surface area contributed by atoms with Crippen LogP contribution in [-0.2, 0) is 0 Å². The number of hydrogen-bond donors (Lipinski definition) is 0. The third-order valence-corrected chi connectivity index (χ3v) is 6.48. The van der Waals surface area contributed by atoms with E-state index < -0.39 is 0 Å². The lowest BCUT2D eigenvalue weighted by Gasteiger charge is -2.34. The topological polar surface area (TPSA) is 73.2 Å². The molecule has 198 valence electrons. The van der Waals surface area contributed by atoms with Gasteiger partial charge in [0.2, 0.25) is 5.75 Å². The SMILES string of the molecule is CCOc1cc(C(=O)N2CCN(CC(=O)c3cc(C)n(C(C)C)c3C)CC2)cc(OCC)c1OCC. The monoisotopic (exact) mass is 499 g/mol. The highest BCUT2D eigenvalue weighted by atomic mass is 16.5. The number of rotatable bonds is 11. The summed E-state index contributed by atoms with van der Waals surface area (Å²) in [5.74, 6) is 1.60. The quantitative estimate of drug-likeness (QED) is 0.423. The molecule has 1 saturated heterocycles. The number of carbonyl (C=O) groups is 2. The standard InChI is InChI=1S/C28H41N3O5/c1-8-34-25-16-22(17-26(35-9-2)27(25)36-10-3)28(33)30-13-11-29(12-14-30)18-24(32)23-15-20(6)31(19(4)5)21(23)7/h15-17,19H,8-14,18H2,1-7H3. The van der Waals surface area contributed by atoms with E-state index in [9.17, 15) is 9.59 Å². The number of aromatic nitrogens is 1. The van der Waals surface area contributed by atoms with Gasteiger partial charge in [-0.05, 0) is 66.7 Å². The van der Waals surface area contributed by atoms with E-state index in [0.717, 1.165) is 17.0 Å². The van der Waals surface area contributed by atoms with Crippen LogP contribution in [0.25, 0.3) is 0 Å². The summed E-state index contributed by atoms with van der Waals surface area (Å²) < 4.78 is 19.5. The van der Waals surface area contributed by atoms with Gasteiger partial charge < -0.3 is 23.7 Å². The Kier molecular flexibility index (Phi) is 9.43. The van der Waals surface area contributed by atoms with Crippen LogP contribution in [0.15, 0.2) is 18.2 Å². The van der Waals surface area contributed by atoms with Gasteiger partial charge in [-0.25, -0.2) is 0 Å². The van der Waals surface area contributed by atoms with Gasteiger partial charge in [0.25, 0.3) is 5.91 Å². The zero-order chi connectivity index (χ0) is 26.4. The van der Waals surface area contributed by atoms with E-state index in [-0.39, 0.29) is 11.7 Å². The van der Waals surface area contributed by atoms with E-state index in [4.69, 9.17) is 14.2 Å². The summed E-state index contributed by atoms with van der Waals surface area (Å²) in [7, 11) is 0. The maximum absolute atomic E-state index is 13.4. The van der Waals surface area contributed by atoms with Gasteiger partial charge in [0.1, 0.15) is 0 Å². The number of benzene rings is 1. The molecule has 0 atom stereocenters. The maximum Gasteiger partial charge on any atom is 0.254 e. The van der Waals surface area contributed by atoms with Gasteiger partial charge in [0.15, 0.2) is 17.3 Å². The number of ketones is 1. The van der Waals surface area contributed by atoms with Crippen molar-refractivity contribution in [2.75, 3.05) is 52.5 Å². The van der Waals surface area contributed by atoms with E-state index in [1.807, 2.05) is 45.6 Å². The Balaban J connectivity index is 1.68. The normalized spacial score (nSPS) is 14.3. The van der Waals surface area contributed by atoms with E-state index in [2.05, 4.69) is 23.3 Å². The van der Waals surface area contributed by atoms with Crippen LogP contribution in [0.5, 0.6) is 17.2 Å². The molecule has 36 heavy (non-hydrogen) atoms. The molecule has 1 aromatic carbocycles. The third kappa shape index (κ3) is 6.03. The zero-order valence-corrected chi connectivity index (χ0v) is 22.8. The first-order valence-corrected chi connectivity index (χ1v) is 13.0. The lowest BCUT2D eigenvalue weighted by atomic mass is 10.1. The third-order valence-electron chi connectivity index (χ3n) is 6.48. The van der Waals surface area contributed by atoms with Gasteiger partial charge >= 0.3 is 0 Å². The van der Waals surface area contributed by atoms with Gasteiger partial charge in [-0.3, -0.25) is 14.5 Å². The van der Waals surface area contributed by atoms with Crippen LogP contribution in [0.3, 0.4) is 0 Å². The van der Waals surface area contributed by atoms with Gasteiger partial charge in [0, 0.05) is 54.7 Å². The van der Waals surface area contributed by atoms with Crippen molar-refractivity contribution < 1.29 is 23.8 Å². The first-order valence-electron chi connectivity index (χ1n) is 13.0. The Morgan fingerprint density at radius 2 is 1.42 bits per heavy atom. The van der Waals surface area contributed by atoms with Crippen LogP contribution >= 0.6 is 0 Å². The molecule has 2 heterocycles. The van der Waals surface area contributed by atoms with Crippen molar-refractivity contribution in [1.82, 2.24) is 14.4 Å². The summed E-state index contributed by atoms with van der Waals surface area (Å²) in [5.41, 5.74) is 3.43. The fraction of sp³-hybridized carbons (Fsp3) is 0.571. The Morgan fingerprint density at radius 3 is 1.89 bits per heavy atom. The highest BCUT2D eigenvalue weighted by Crippen LogP contribution is 2.39. The predicted octanol–water partition coefficient (Wildman–Crippen LogP) is 4.52. The van der Waals surface area contributed by atoms with Crippen molar-refractivity contribution in [3.63, 3.8) is 0 Å². The summed E-state index contributed by atoms with van der Waals surface area (Å²) in [5, 5.41) is 0. The molecule has 0 unspecified atom stereocenters. The lowest BCUT2D eigenvalue weighted by Crippen LogP contribution is -2.49. The fourth-order valence-corrected chi connectivity index (χ4v) is 4.95. The predicted molar refractivity (Wildman–Crippen MR) is 141 cm³/mol. The average molecular weight is 500 g/mol. The molecule has 1 fully saturated rings. The molecule has 0 aliphatic carbocycles. The van der Waals surface area contributed by atoms with Crippen molar-refractivity contribution in [1.29, 1.82) is 0 Å². The van der Waals surface area contributed by atoms with Crippen LogP contribution in [-0.4, -0.2) is 78.6 Å². The van der Waals surface area contributed by atoms with Crippen LogP contribution < -0.4 is 14.2 Å². The molecule has 8 nitrogen and oxygen atoms in total. The fourth-order valence-electron chi connectivity index (χ4n) is 4.95. The summed E-state index contributed by atoms with van der Waals surface area (Å²) in [6, 6.07) is 5.78. The number of aryl methyl sites for hydroxylation is 1. The Hall–Kier alpha value is -3.00. The zero-order valence-electron chi connectivity index (χ0n) is 22.8. The number of Topliss-reactive ketones (excluding diaryl/α,β-unsaturated/α-hetero) is 1. The van der Waals surface area contributed by atoms with E-state index in [1.54, 1.807) is 12.1 Å². The van der Waals surface area contributed by atoms with Crippen molar-refractivity contribution in [3.05, 3.63) is 40.7 Å². The maximum atomic E-state index is 13.4. The molecule has 1 aliphatic heterocycles. The molecule has 1 aromatic heterocycles. The Labute approximate surface area is 215 Å². The molecule has 0 spiro atoms. The molecule has 0 bridgehead atoms. The molecule has 3 rings (SSSR count). The average Bonchev–Trinajstić information content (AvgIpc) is 3.15. The number of nitrogens with zero attached hydrogens (tertiary/aromatic N) is 3. The van der Waals surface area contributed by atoms with Crippen molar-refractivity contribution >= 4 is 11.7 Å². The van der Waals surface area contributed by atoms with Crippen LogP contribution in [0.4, 0.5) is 0 Å². The molecule has 2 aromatic rings. The second kappa shape index (κ2) is 12.3. The van der Waals surface area contributed by atoms with Crippen LogP contribution in [0, 0.1) is 13.8 Å². The van der Waals surface area contributed by atoms with Crippen molar-refractivity contribution in [3.8, 4) is 17.2 Å². The first-order chi connectivity index (χ1) is 17.2. The smallest absolute Gasteiger partial charge is 0.254 e. The number of carbonyl (C=O) groups excluding carboxylic acids is 2. The molecular weight excluding hydrogens is 458 g/mol. The summed E-state index contributed by atoms with van der Waals surface area (Å²) in [6.07, 6.45) is 0. The molecule has 1 aliphatic rings. The number of amides is 1. The van der Waals surface area contributed by atoms with Crippen LogP contribution in [0.1, 0.15) is 72.8 Å². The molecular formula is C28H41N3O5. The summed E-state index contributed by atoms with van der Waals surface area (Å²) >= 11 is 0. The van der Waals surface area contributed by atoms with Crippen LogP contribution in [0.2, 0.25) is 0 Å². The lowest BCUT2D eigenvalue weighted by molar-refractivity contribution is 0.0623. The molecule has 0 radical (unpaired) electrons. The van der Waals surface area contributed by atoms with E-state index in [0.29, 0.717) is 81.4 Å². The van der Waals surface area contributed by atoms with Crippen molar-refractivity contribution in [2.24, 2.45) is 0 Å². The van der Waals surface area contributed by atoms with Gasteiger partial charge in [0.05, 0.1) is 26.4 Å². The Morgan fingerprint density at radius 1 is 0.861 bits per heavy atom. The van der Waals surface area contributed by atoms with Gasteiger partial charge in [-0.1, -0.05) is 0 Å². The number of ether oxygens (including phenoxy) is 3. The molecule has 8 heteroatoms. The minimum atomic E-state index is -0.0774. The molecule has 0 N–H and O–H groups in total. The summed E-state index contributed by atoms with van der Waals surface area (Å²) in [6.45, 7) is 18.1. The molecule has 0 saturated carbocycles. The number of piperazine rings is 1. The minimum absolute atomic E-state index is 0.0774. The second-order valence-electron chi connectivity index (χ2n) is 9.34. The van der Waals surface area contributed by atoms with E-state index >= 15 is 0 Å². The second-order valence-corrected chi connectivity index (χ2v) is 9.34. The largest absolute Gasteiger partial charge is 0.490 e. The molecule has 1 amide bonds.